The van der Waals surface area contributed by atoms with Crippen LogP contribution in [-0.2, 0) is 4.74 Å². The Morgan fingerprint density at radius 1 is 1.15 bits per heavy atom. The summed E-state index contributed by atoms with van der Waals surface area (Å²) >= 11 is 0. The first-order valence-corrected chi connectivity index (χ1v) is 10.4. The second-order valence-corrected chi connectivity index (χ2v) is 9.84. The molecule has 2 nitrogen and oxygen atoms in total. The maximum atomic E-state index is 9.21. The molecular weight excluding hydrogens is 318 g/mol. The largest absolute Gasteiger partial charge is 0.378 e. The first-order chi connectivity index (χ1) is 12.5. The quantitative estimate of drug-likeness (QED) is 0.379. The fourth-order valence-electron chi connectivity index (χ4n) is 7.50. The van der Waals surface area contributed by atoms with E-state index in [0.29, 0.717) is 0 Å². The molecule has 136 valence electrons. The van der Waals surface area contributed by atoms with Gasteiger partial charge in [0.05, 0.1) is 12.2 Å². The second-order valence-electron chi connectivity index (χ2n) is 9.84. The van der Waals surface area contributed by atoms with Crippen molar-refractivity contribution in [2.75, 3.05) is 7.11 Å². The summed E-state index contributed by atoms with van der Waals surface area (Å²) in [5.41, 5.74) is 3.52. The summed E-state index contributed by atoms with van der Waals surface area (Å²) in [5.74, 6) is 9.01. The number of fused-ring (bicyclic) bond motifs is 5. The smallest absolute Gasteiger partial charge is 0.136 e. The maximum Gasteiger partial charge on any atom is 0.136 e. The molecule has 0 aromatic heterocycles. The number of hydrogen-bond donors (Lipinski definition) is 0. The van der Waals surface area contributed by atoms with E-state index < -0.39 is 0 Å². The molecule has 0 aliphatic heterocycles. The lowest BCUT2D eigenvalue weighted by Gasteiger charge is -2.58. The fourth-order valence-corrected chi connectivity index (χ4v) is 7.50. The predicted molar refractivity (Wildman–Crippen MR) is 102 cm³/mol. The maximum absolute atomic E-state index is 9.21. The van der Waals surface area contributed by atoms with E-state index in [1.54, 1.807) is 5.57 Å². The molecule has 0 heterocycles. The van der Waals surface area contributed by atoms with Crippen molar-refractivity contribution in [2.24, 2.45) is 34.0 Å². The summed E-state index contributed by atoms with van der Waals surface area (Å²) in [6.07, 6.45) is 13.1. The van der Waals surface area contributed by atoms with Crippen LogP contribution in [0.1, 0.15) is 58.8 Å². The number of rotatable bonds is 1. The number of nitriles is 1. The molecule has 0 saturated heterocycles. The molecule has 5 aliphatic rings. The summed E-state index contributed by atoms with van der Waals surface area (Å²) in [6, 6.07) is 2.32. The van der Waals surface area contributed by atoms with E-state index in [2.05, 4.69) is 37.8 Å². The van der Waals surface area contributed by atoms with Crippen molar-refractivity contribution in [3.05, 3.63) is 23.3 Å². The average Bonchev–Trinajstić information content (AvgIpc) is 3.32. The Morgan fingerprint density at radius 3 is 2.62 bits per heavy atom. The third-order valence-electron chi connectivity index (χ3n) is 9.04. The highest BCUT2D eigenvalue weighted by molar-refractivity contribution is 5.53. The van der Waals surface area contributed by atoms with E-state index in [1.165, 1.54) is 37.7 Å². The van der Waals surface area contributed by atoms with E-state index in [0.717, 1.165) is 30.6 Å². The Labute approximate surface area is 157 Å². The molecule has 0 aromatic carbocycles. The molecule has 0 amide bonds. The molecular formula is C24H29NO. The van der Waals surface area contributed by atoms with Crippen LogP contribution in [0.5, 0.6) is 0 Å². The Kier molecular flexibility index (Phi) is 3.37. The van der Waals surface area contributed by atoms with E-state index in [-0.39, 0.29) is 22.3 Å². The highest BCUT2D eigenvalue weighted by Gasteiger charge is 2.60. The van der Waals surface area contributed by atoms with E-state index in [9.17, 15) is 5.26 Å². The third kappa shape index (κ3) is 1.98. The van der Waals surface area contributed by atoms with Crippen molar-refractivity contribution >= 4 is 0 Å². The summed E-state index contributed by atoms with van der Waals surface area (Å²) in [5, 5.41) is 9.21. The number of hydrogen-bond acceptors (Lipinski definition) is 2. The highest BCUT2D eigenvalue weighted by Crippen LogP contribution is 2.67. The molecule has 6 atom stereocenters. The summed E-state index contributed by atoms with van der Waals surface area (Å²) in [6.45, 7) is 4.96. The number of nitrogens with zero attached hydrogens (tertiary/aromatic N) is 1. The normalized spacial score (nSPS) is 48.5. The lowest BCUT2D eigenvalue weighted by Crippen LogP contribution is -2.52. The van der Waals surface area contributed by atoms with Crippen molar-refractivity contribution in [1.82, 2.24) is 0 Å². The first kappa shape index (κ1) is 16.6. The van der Waals surface area contributed by atoms with Crippen LogP contribution in [0.4, 0.5) is 0 Å². The highest BCUT2D eigenvalue weighted by atomic mass is 16.5. The number of methoxy groups -OCH3 is 1. The Balaban J connectivity index is 1.49. The van der Waals surface area contributed by atoms with E-state index >= 15 is 0 Å². The molecule has 5 rings (SSSR count). The van der Waals surface area contributed by atoms with Crippen LogP contribution >= 0.6 is 0 Å². The van der Waals surface area contributed by atoms with E-state index in [4.69, 9.17) is 4.74 Å². The first-order valence-electron chi connectivity index (χ1n) is 10.4. The Morgan fingerprint density at radius 2 is 1.92 bits per heavy atom. The van der Waals surface area contributed by atoms with Crippen molar-refractivity contribution in [3.8, 4) is 17.9 Å². The third-order valence-corrected chi connectivity index (χ3v) is 9.04. The van der Waals surface area contributed by atoms with Crippen LogP contribution in [0.3, 0.4) is 0 Å². The zero-order chi connectivity index (χ0) is 18.2. The standard InChI is InChI=1S/C24H29NO/c1-22-10-8-20-18(19(22)7-5-16(22)9-13-25)6-4-17-14-24(11-12-24)21(26-3)15-23(17,20)2/h9,14,18-21H,4-8,10,15H2,1-3H3. The topological polar surface area (TPSA) is 33.0 Å². The average molecular weight is 348 g/mol. The minimum absolute atomic E-state index is 0.102. The van der Waals surface area contributed by atoms with Gasteiger partial charge in [-0.2, -0.15) is 5.26 Å². The Hall–Kier alpha value is -1.51. The van der Waals surface area contributed by atoms with Gasteiger partial charge in [0.25, 0.3) is 0 Å². The van der Waals surface area contributed by atoms with Crippen LogP contribution in [-0.4, -0.2) is 13.2 Å². The minimum atomic E-state index is -0.102. The summed E-state index contributed by atoms with van der Waals surface area (Å²) in [4.78, 5) is 0. The molecule has 6 unspecified atom stereocenters. The molecule has 5 aliphatic carbocycles. The number of ether oxygens (including phenoxy) is 1. The summed E-state index contributed by atoms with van der Waals surface area (Å²) < 4.78 is 5.90. The van der Waals surface area contributed by atoms with Crippen LogP contribution in [0.15, 0.2) is 23.3 Å². The fraction of sp³-hybridized carbons (Fsp3) is 0.708. The zero-order valence-electron chi connectivity index (χ0n) is 16.3. The monoisotopic (exact) mass is 347 g/mol. The van der Waals surface area contributed by atoms with Gasteiger partial charge in [0, 0.05) is 13.2 Å². The van der Waals surface area contributed by atoms with Gasteiger partial charge in [0.2, 0.25) is 0 Å². The van der Waals surface area contributed by atoms with Gasteiger partial charge >= 0.3 is 0 Å². The molecule has 0 bridgehead atoms. The van der Waals surface area contributed by atoms with Gasteiger partial charge in [0.1, 0.15) is 5.41 Å². The molecule has 3 saturated carbocycles. The minimum Gasteiger partial charge on any atom is -0.378 e. The van der Waals surface area contributed by atoms with Gasteiger partial charge < -0.3 is 4.74 Å². The molecule has 2 heteroatoms. The molecule has 26 heavy (non-hydrogen) atoms. The lowest BCUT2D eigenvalue weighted by atomic mass is 9.46. The SMILES string of the molecule is COC1CC2(C)C(=CC13C#C3)CCC1C3CCC(=CC#N)C3(C)CCC12. The molecule has 3 fully saturated rings. The predicted octanol–water partition coefficient (Wildman–Crippen LogP) is 5.03. The second kappa shape index (κ2) is 5.27. The van der Waals surface area contributed by atoms with Gasteiger partial charge in [-0.15, -0.1) is 0 Å². The van der Waals surface area contributed by atoms with Crippen LogP contribution in [0.2, 0.25) is 0 Å². The lowest BCUT2D eigenvalue weighted by molar-refractivity contribution is -0.0599. The van der Waals surface area contributed by atoms with Crippen LogP contribution < -0.4 is 0 Å². The van der Waals surface area contributed by atoms with Gasteiger partial charge in [-0.3, -0.25) is 0 Å². The van der Waals surface area contributed by atoms with Crippen molar-refractivity contribution in [3.63, 3.8) is 0 Å². The molecule has 0 radical (unpaired) electrons. The number of allylic oxidation sites excluding steroid dienone is 3. The molecule has 0 N–H and O–H groups in total. The van der Waals surface area contributed by atoms with Crippen molar-refractivity contribution < 1.29 is 4.74 Å². The van der Waals surface area contributed by atoms with Crippen molar-refractivity contribution in [1.29, 1.82) is 5.26 Å². The van der Waals surface area contributed by atoms with Crippen LogP contribution in [0.25, 0.3) is 0 Å². The molecule has 1 spiro atoms. The van der Waals surface area contributed by atoms with Gasteiger partial charge in [0.15, 0.2) is 0 Å². The van der Waals surface area contributed by atoms with Gasteiger partial charge in [-0.1, -0.05) is 42.9 Å². The molecule has 0 aromatic rings. The van der Waals surface area contributed by atoms with Crippen LogP contribution in [0, 0.1) is 57.2 Å². The van der Waals surface area contributed by atoms with Crippen molar-refractivity contribution in [2.45, 2.75) is 64.9 Å². The zero-order valence-corrected chi connectivity index (χ0v) is 16.3. The van der Waals surface area contributed by atoms with Gasteiger partial charge in [-0.25, -0.2) is 0 Å². The summed E-state index contributed by atoms with van der Waals surface area (Å²) in [7, 11) is 1.85. The van der Waals surface area contributed by atoms with E-state index in [1.807, 2.05) is 13.2 Å². The van der Waals surface area contributed by atoms with Gasteiger partial charge in [-0.05, 0) is 73.5 Å². The Bertz CT molecular complexity index is 809.